The van der Waals surface area contributed by atoms with Crippen molar-refractivity contribution in [2.45, 2.75) is 30.6 Å². The van der Waals surface area contributed by atoms with Gasteiger partial charge in [0, 0.05) is 11.4 Å². The lowest BCUT2D eigenvalue weighted by atomic mass is 9.92. The van der Waals surface area contributed by atoms with Gasteiger partial charge in [-0.2, -0.15) is 0 Å². The molecule has 0 heterocycles. The van der Waals surface area contributed by atoms with Crippen molar-refractivity contribution >= 4 is 31.5 Å². The Kier molecular flexibility index (Phi) is 4.49. The minimum absolute atomic E-state index is 0.0316. The number of hydrogen-bond donors (Lipinski definition) is 0. The van der Waals surface area contributed by atoms with Crippen LogP contribution in [0.4, 0.5) is 5.69 Å². The number of hydrogen-bond acceptors (Lipinski definition) is 4. The Hall–Kier alpha value is -0.950. The third-order valence-electron chi connectivity index (χ3n) is 3.84. The highest BCUT2D eigenvalue weighted by molar-refractivity contribution is 9.09. The first-order chi connectivity index (χ1) is 9.40. The number of para-hydroxylation sites is 1. The number of nitro benzene ring substituents is 1. The molecule has 0 atom stereocenters. The van der Waals surface area contributed by atoms with E-state index in [4.69, 9.17) is 0 Å². The SMILES string of the molecule is O=[N+]([O-])c1ccccc1S(=O)(=O)CC1(CBr)CCCC1. The second-order valence-corrected chi connectivity index (χ2v) is 7.84. The Bertz CT molecular complexity index is 609. The van der Waals surface area contributed by atoms with Crippen LogP contribution in [-0.2, 0) is 9.84 Å². The van der Waals surface area contributed by atoms with Gasteiger partial charge in [-0.05, 0) is 24.3 Å². The maximum absolute atomic E-state index is 12.6. The molecule has 0 amide bonds. The van der Waals surface area contributed by atoms with Crippen LogP contribution < -0.4 is 0 Å². The number of nitro groups is 1. The van der Waals surface area contributed by atoms with Crippen molar-refractivity contribution in [3.63, 3.8) is 0 Å². The monoisotopic (exact) mass is 361 g/mol. The quantitative estimate of drug-likeness (QED) is 0.457. The molecule has 0 aliphatic heterocycles. The highest BCUT2D eigenvalue weighted by Gasteiger charge is 2.39. The van der Waals surface area contributed by atoms with Gasteiger partial charge in [0.05, 0.1) is 10.7 Å². The van der Waals surface area contributed by atoms with Crippen LogP contribution in [0.25, 0.3) is 0 Å². The average molecular weight is 362 g/mol. The summed E-state index contributed by atoms with van der Waals surface area (Å²) in [6.07, 6.45) is 3.71. The highest BCUT2D eigenvalue weighted by atomic mass is 79.9. The van der Waals surface area contributed by atoms with Gasteiger partial charge in [-0.25, -0.2) is 8.42 Å². The van der Waals surface area contributed by atoms with Crippen molar-refractivity contribution in [1.29, 1.82) is 0 Å². The van der Waals surface area contributed by atoms with E-state index in [-0.39, 0.29) is 21.8 Å². The van der Waals surface area contributed by atoms with Gasteiger partial charge in [0.2, 0.25) is 0 Å². The number of alkyl halides is 1. The summed E-state index contributed by atoms with van der Waals surface area (Å²) in [7, 11) is -3.66. The molecule has 1 aromatic carbocycles. The molecule has 0 spiro atoms. The maximum atomic E-state index is 12.6. The normalized spacial score (nSPS) is 18.1. The number of benzene rings is 1. The molecule has 1 aliphatic carbocycles. The topological polar surface area (TPSA) is 77.3 Å². The fourth-order valence-corrected chi connectivity index (χ4v) is 5.91. The summed E-state index contributed by atoms with van der Waals surface area (Å²) in [5, 5.41) is 11.6. The summed E-state index contributed by atoms with van der Waals surface area (Å²) in [4.78, 5) is 10.2. The summed E-state index contributed by atoms with van der Waals surface area (Å²) in [5.41, 5.74) is -0.627. The molecule has 1 fully saturated rings. The van der Waals surface area contributed by atoms with E-state index in [9.17, 15) is 18.5 Å². The van der Waals surface area contributed by atoms with Crippen LogP contribution in [0.2, 0.25) is 0 Å². The van der Waals surface area contributed by atoms with Crippen LogP contribution in [0.15, 0.2) is 29.2 Å². The molecular formula is C13H16BrNO4S. The van der Waals surface area contributed by atoms with E-state index < -0.39 is 14.8 Å². The third-order valence-corrected chi connectivity index (χ3v) is 7.04. The molecule has 1 saturated carbocycles. The van der Waals surface area contributed by atoms with Gasteiger partial charge in [0.1, 0.15) is 4.90 Å². The number of halogens is 1. The Morgan fingerprint density at radius 3 is 2.40 bits per heavy atom. The van der Waals surface area contributed by atoms with Crippen molar-refractivity contribution in [3.8, 4) is 0 Å². The van der Waals surface area contributed by atoms with E-state index in [1.807, 2.05) is 0 Å². The van der Waals surface area contributed by atoms with E-state index in [0.29, 0.717) is 5.33 Å². The number of sulfone groups is 1. The molecule has 2 rings (SSSR count). The Morgan fingerprint density at radius 2 is 1.85 bits per heavy atom. The molecule has 7 heteroatoms. The first-order valence-corrected chi connectivity index (χ1v) is 9.20. The van der Waals surface area contributed by atoms with Gasteiger partial charge in [-0.3, -0.25) is 10.1 Å². The fourth-order valence-electron chi connectivity index (χ4n) is 2.79. The molecule has 0 unspecified atom stereocenters. The largest absolute Gasteiger partial charge is 0.287 e. The minimum Gasteiger partial charge on any atom is -0.258 e. The second kappa shape index (κ2) is 5.81. The fraction of sp³-hybridized carbons (Fsp3) is 0.538. The molecule has 0 aromatic heterocycles. The van der Waals surface area contributed by atoms with Crippen molar-refractivity contribution in [2.75, 3.05) is 11.1 Å². The molecule has 1 aliphatic rings. The van der Waals surface area contributed by atoms with E-state index in [1.165, 1.54) is 24.3 Å². The van der Waals surface area contributed by atoms with Gasteiger partial charge >= 0.3 is 0 Å². The first kappa shape index (κ1) is 15.4. The van der Waals surface area contributed by atoms with Crippen LogP contribution in [0.1, 0.15) is 25.7 Å². The van der Waals surface area contributed by atoms with Crippen molar-refractivity contribution in [3.05, 3.63) is 34.4 Å². The zero-order valence-corrected chi connectivity index (χ0v) is 13.3. The summed E-state index contributed by atoms with van der Waals surface area (Å²) in [6, 6.07) is 5.56. The average Bonchev–Trinajstić information content (AvgIpc) is 2.87. The molecule has 110 valence electrons. The number of rotatable bonds is 5. The predicted molar refractivity (Wildman–Crippen MR) is 79.8 cm³/mol. The van der Waals surface area contributed by atoms with E-state index in [2.05, 4.69) is 15.9 Å². The van der Waals surface area contributed by atoms with E-state index in [1.54, 1.807) is 0 Å². The maximum Gasteiger partial charge on any atom is 0.287 e. The van der Waals surface area contributed by atoms with Crippen LogP contribution in [0.5, 0.6) is 0 Å². The first-order valence-electron chi connectivity index (χ1n) is 6.42. The molecular weight excluding hydrogens is 346 g/mol. The van der Waals surface area contributed by atoms with Crippen LogP contribution in [-0.4, -0.2) is 24.4 Å². The van der Waals surface area contributed by atoms with E-state index in [0.717, 1.165) is 25.7 Å². The molecule has 0 saturated heterocycles. The molecule has 20 heavy (non-hydrogen) atoms. The molecule has 5 nitrogen and oxygen atoms in total. The standard InChI is InChI=1S/C13H16BrNO4S/c14-9-13(7-3-4-8-13)10-20(18,19)12-6-2-1-5-11(12)15(16)17/h1-2,5-6H,3-4,7-10H2. The lowest BCUT2D eigenvalue weighted by Gasteiger charge is -2.25. The summed E-state index contributed by atoms with van der Waals surface area (Å²) >= 11 is 3.41. The lowest BCUT2D eigenvalue weighted by Crippen LogP contribution is -2.29. The molecule has 0 bridgehead atoms. The lowest BCUT2D eigenvalue weighted by molar-refractivity contribution is -0.387. The predicted octanol–water partition coefficient (Wildman–Crippen LogP) is 3.32. The summed E-state index contributed by atoms with van der Waals surface area (Å²) in [5.74, 6) is -0.0316. The summed E-state index contributed by atoms with van der Waals surface area (Å²) < 4.78 is 25.1. The Balaban J connectivity index is 2.38. The Morgan fingerprint density at radius 1 is 1.25 bits per heavy atom. The van der Waals surface area contributed by atoms with Crippen molar-refractivity contribution in [2.24, 2.45) is 5.41 Å². The van der Waals surface area contributed by atoms with Crippen LogP contribution in [0.3, 0.4) is 0 Å². The van der Waals surface area contributed by atoms with Gasteiger partial charge in [-0.1, -0.05) is 40.9 Å². The van der Waals surface area contributed by atoms with Crippen LogP contribution in [0, 0.1) is 15.5 Å². The third kappa shape index (κ3) is 3.03. The van der Waals surface area contributed by atoms with Crippen molar-refractivity contribution in [1.82, 2.24) is 0 Å². The highest BCUT2D eigenvalue weighted by Crippen LogP contribution is 2.42. The Labute approximate surface area is 126 Å². The molecule has 0 radical (unpaired) electrons. The van der Waals surface area contributed by atoms with E-state index >= 15 is 0 Å². The molecule has 1 aromatic rings. The van der Waals surface area contributed by atoms with Gasteiger partial charge in [0.25, 0.3) is 5.69 Å². The zero-order chi connectivity index (χ0) is 14.8. The van der Waals surface area contributed by atoms with Gasteiger partial charge in [-0.15, -0.1) is 0 Å². The summed E-state index contributed by atoms with van der Waals surface area (Å²) in [6.45, 7) is 0. The van der Waals surface area contributed by atoms with Crippen molar-refractivity contribution < 1.29 is 13.3 Å². The number of nitrogens with zero attached hydrogens (tertiary/aromatic N) is 1. The molecule has 0 N–H and O–H groups in total. The smallest absolute Gasteiger partial charge is 0.258 e. The van der Waals surface area contributed by atoms with Gasteiger partial charge < -0.3 is 0 Å². The second-order valence-electron chi connectivity index (χ2n) is 5.32. The van der Waals surface area contributed by atoms with Crippen LogP contribution >= 0.6 is 15.9 Å². The minimum atomic E-state index is -3.66. The van der Waals surface area contributed by atoms with Gasteiger partial charge in [0.15, 0.2) is 9.84 Å². The zero-order valence-electron chi connectivity index (χ0n) is 10.9.